The van der Waals surface area contributed by atoms with E-state index in [2.05, 4.69) is 6.92 Å². The van der Waals surface area contributed by atoms with Gasteiger partial charge in [-0.25, -0.2) is 0 Å². The molecule has 0 amide bonds. The summed E-state index contributed by atoms with van der Waals surface area (Å²) in [6, 6.07) is 0. The Labute approximate surface area is 148 Å². The van der Waals surface area contributed by atoms with Gasteiger partial charge in [-0.1, -0.05) is 0 Å². The summed E-state index contributed by atoms with van der Waals surface area (Å²) < 4.78 is 47.2. The summed E-state index contributed by atoms with van der Waals surface area (Å²) in [7, 11) is -4.12. The van der Waals surface area contributed by atoms with Crippen LogP contribution in [0.15, 0.2) is 0 Å². The molecule has 0 aromatic rings. The van der Waals surface area contributed by atoms with Crippen molar-refractivity contribution < 1.29 is 32.0 Å². The molecule has 4 saturated carbocycles. The van der Waals surface area contributed by atoms with Gasteiger partial charge in [0, 0.05) is 5.92 Å². The number of carbonyl (C=O) groups is 1. The third kappa shape index (κ3) is 3.46. The Bertz CT molecular complexity index is 643. The molecule has 7 atom stereocenters. The highest BCUT2D eigenvalue weighted by atomic mass is 32.2. The highest BCUT2D eigenvalue weighted by Crippen LogP contribution is 2.62. The normalized spacial score (nSPS) is 44.7. The SMILES string of the molecule is CC1(OCC2CO2)C2CC3CC(C2)C(C(=O)OCCS(=O)(=O)O)C1C3. The van der Waals surface area contributed by atoms with E-state index in [1.54, 1.807) is 0 Å². The number of hydrogen-bond donors (Lipinski definition) is 1. The van der Waals surface area contributed by atoms with Crippen molar-refractivity contribution in [1.82, 2.24) is 0 Å². The van der Waals surface area contributed by atoms with E-state index < -0.39 is 15.9 Å². The maximum Gasteiger partial charge on any atom is 0.309 e. The zero-order valence-corrected chi connectivity index (χ0v) is 15.2. The van der Waals surface area contributed by atoms with Crippen molar-refractivity contribution in [2.75, 3.05) is 25.6 Å². The van der Waals surface area contributed by atoms with Crippen LogP contribution in [-0.4, -0.2) is 56.2 Å². The van der Waals surface area contributed by atoms with Crippen LogP contribution < -0.4 is 0 Å². The molecule has 1 aliphatic heterocycles. The molecule has 0 aromatic carbocycles. The molecule has 1 saturated heterocycles. The first-order chi connectivity index (χ1) is 11.8. The van der Waals surface area contributed by atoms with Crippen LogP contribution in [0.5, 0.6) is 0 Å². The van der Waals surface area contributed by atoms with Gasteiger partial charge >= 0.3 is 5.97 Å². The lowest BCUT2D eigenvalue weighted by Gasteiger charge is -2.62. The van der Waals surface area contributed by atoms with Gasteiger partial charge in [0.05, 0.1) is 24.7 Å². The van der Waals surface area contributed by atoms with Crippen molar-refractivity contribution in [2.24, 2.45) is 29.6 Å². The van der Waals surface area contributed by atoms with E-state index in [-0.39, 0.29) is 36.1 Å². The Balaban J connectivity index is 1.46. The topological polar surface area (TPSA) is 102 Å². The highest BCUT2D eigenvalue weighted by Gasteiger charge is 2.62. The van der Waals surface area contributed by atoms with Crippen molar-refractivity contribution in [2.45, 2.75) is 44.3 Å². The van der Waals surface area contributed by atoms with E-state index in [1.807, 2.05) is 0 Å². The smallest absolute Gasteiger partial charge is 0.309 e. The summed E-state index contributed by atoms with van der Waals surface area (Å²) in [6.07, 6.45) is 4.33. The fraction of sp³-hybridized carbons (Fsp3) is 0.941. The number of rotatable bonds is 7. The van der Waals surface area contributed by atoms with Gasteiger partial charge in [0.25, 0.3) is 10.1 Å². The minimum absolute atomic E-state index is 0.112. The van der Waals surface area contributed by atoms with Gasteiger partial charge in [-0.2, -0.15) is 8.42 Å². The van der Waals surface area contributed by atoms with Crippen LogP contribution in [0.4, 0.5) is 0 Å². The summed E-state index contributed by atoms with van der Waals surface area (Å²) in [5.74, 6) is 0.406. The molecule has 8 heteroatoms. The average molecular weight is 374 g/mol. The molecule has 0 aromatic heterocycles. The quantitative estimate of drug-likeness (QED) is 0.407. The Kier molecular flexibility index (Phi) is 4.38. The molecular formula is C17H26O7S. The van der Waals surface area contributed by atoms with E-state index in [0.29, 0.717) is 24.4 Å². The van der Waals surface area contributed by atoms with E-state index in [0.717, 1.165) is 25.9 Å². The van der Waals surface area contributed by atoms with Gasteiger partial charge in [0.1, 0.15) is 18.5 Å². The lowest BCUT2D eigenvalue weighted by atomic mass is 9.46. The molecule has 4 bridgehead atoms. The van der Waals surface area contributed by atoms with Crippen LogP contribution in [0.25, 0.3) is 0 Å². The monoisotopic (exact) mass is 374 g/mol. The first-order valence-corrected chi connectivity index (χ1v) is 10.7. The fourth-order valence-electron chi connectivity index (χ4n) is 5.53. The lowest BCUT2D eigenvalue weighted by Crippen LogP contribution is -2.63. The van der Waals surface area contributed by atoms with Crippen molar-refractivity contribution in [3.63, 3.8) is 0 Å². The number of hydrogen-bond acceptors (Lipinski definition) is 6. The second-order valence-corrected chi connectivity index (χ2v) is 9.87. The van der Waals surface area contributed by atoms with Crippen molar-refractivity contribution in [3.05, 3.63) is 0 Å². The van der Waals surface area contributed by atoms with Crippen LogP contribution in [0.1, 0.15) is 32.6 Å². The second kappa shape index (κ2) is 6.18. The number of carbonyl (C=O) groups excluding carboxylic acids is 1. The predicted molar refractivity (Wildman–Crippen MR) is 87.4 cm³/mol. The van der Waals surface area contributed by atoms with E-state index >= 15 is 0 Å². The fourth-order valence-corrected chi connectivity index (χ4v) is 5.82. The number of esters is 1. The van der Waals surface area contributed by atoms with Crippen molar-refractivity contribution in [3.8, 4) is 0 Å². The van der Waals surface area contributed by atoms with Crippen molar-refractivity contribution >= 4 is 16.1 Å². The summed E-state index contributed by atoms with van der Waals surface area (Å²) in [6.45, 7) is 3.15. The van der Waals surface area contributed by atoms with Gasteiger partial charge in [-0.15, -0.1) is 0 Å². The molecule has 7 unspecified atom stereocenters. The second-order valence-electron chi connectivity index (χ2n) is 8.30. The van der Waals surface area contributed by atoms with Crippen LogP contribution in [0.3, 0.4) is 0 Å². The molecule has 1 heterocycles. The third-order valence-corrected chi connectivity index (χ3v) is 7.44. The summed E-state index contributed by atoms with van der Waals surface area (Å²) in [5.41, 5.74) is -0.341. The summed E-state index contributed by atoms with van der Waals surface area (Å²) >= 11 is 0. The molecular weight excluding hydrogens is 348 g/mol. The Morgan fingerprint density at radius 1 is 1.28 bits per heavy atom. The standard InChI is InChI=1S/C17H26O7S/c1-17(24-9-13-8-23-13)12-5-10-4-11(7-12)15(14(17)6-10)16(18)22-2-3-25(19,20)21/h10-15H,2-9H2,1H3,(H,19,20,21). The zero-order chi connectivity index (χ0) is 17.8. The van der Waals surface area contributed by atoms with E-state index in [9.17, 15) is 13.2 Å². The Hall–Kier alpha value is -0.700. The van der Waals surface area contributed by atoms with Gasteiger partial charge in [-0.05, 0) is 50.4 Å². The average Bonchev–Trinajstić information content (AvgIpc) is 3.33. The molecule has 4 aliphatic carbocycles. The first-order valence-electron chi connectivity index (χ1n) is 9.13. The van der Waals surface area contributed by atoms with Crippen LogP contribution in [0.2, 0.25) is 0 Å². The largest absolute Gasteiger partial charge is 0.464 e. The maximum atomic E-state index is 12.7. The molecule has 142 valence electrons. The third-order valence-electron chi connectivity index (χ3n) is 6.76. The molecule has 25 heavy (non-hydrogen) atoms. The lowest BCUT2D eigenvalue weighted by molar-refractivity contribution is -0.225. The zero-order valence-electron chi connectivity index (χ0n) is 14.4. The van der Waals surface area contributed by atoms with Crippen LogP contribution in [-0.2, 0) is 29.1 Å². The first kappa shape index (κ1) is 17.7. The van der Waals surface area contributed by atoms with Crippen molar-refractivity contribution in [1.29, 1.82) is 0 Å². The molecule has 5 fully saturated rings. The van der Waals surface area contributed by atoms with Gasteiger partial charge in [-0.3, -0.25) is 9.35 Å². The Morgan fingerprint density at radius 2 is 2.04 bits per heavy atom. The maximum absolute atomic E-state index is 12.7. The molecule has 7 nitrogen and oxygen atoms in total. The predicted octanol–water partition coefficient (Wildman–Crippen LogP) is 1.27. The van der Waals surface area contributed by atoms with E-state index in [1.165, 1.54) is 6.42 Å². The molecule has 5 rings (SSSR count). The van der Waals surface area contributed by atoms with E-state index in [4.69, 9.17) is 18.8 Å². The number of epoxide rings is 1. The van der Waals surface area contributed by atoms with Crippen LogP contribution >= 0.6 is 0 Å². The minimum Gasteiger partial charge on any atom is -0.464 e. The summed E-state index contributed by atoms with van der Waals surface area (Å²) in [5, 5.41) is 0. The van der Waals surface area contributed by atoms with Gasteiger partial charge in [0.15, 0.2) is 0 Å². The molecule has 5 aliphatic rings. The van der Waals surface area contributed by atoms with Gasteiger partial charge < -0.3 is 14.2 Å². The molecule has 0 spiro atoms. The molecule has 0 radical (unpaired) electrons. The molecule has 1 N–H and O–H groups in total. The van der Waals surface area contributed by atoms with Crippen LogP contribution in [0, 0.1) is 29.6 Å². The minimum atomic E-state index is -4.12. The number of ether oxygens (including phenoxy) is 3. The summed E-state index contributed by atoms with van der Waals surface area (Å²) in [4.78, 5) is 12.7. The highest BCUT2D eigenvalue weighted by molar-refractivity contribution is 7.85. The Morgan fingerprint density at radius 3 is 2.72 bits per heavy atom. The van der Waals surface area contributed by atoms with Gasteiger partial charge in [0.2, 0.25) is 0 Å².